The lowest BCUT2D eigenvalue weighted by Gasteiger charge is -2.22. The first-order valence-electron chi connectivity index (χ1n) is 5.21. The van der Waals surface area contributed by atoms with E-state index in [4.69, 9.17) is 0 Å². The van der Waals surface area contributed by atoms with Gasteiger partial charge in [-0.15, -0.1) is 0 Å². The van der Waals surface area contributed by atoms with Crippen LogP contribution in [0.5, 0.6) is 0 Å². The average molecular weight is 296 g/mol. The van der Waals surface area contributed by atoms with Gasteiger partial charge in [-0.25, -0.2) is 0 Å². The highest BCUT2D eigenvalue weighted by Gasteiger charge is 2.60. The van der Waals surface area contributed by atoms with E-state index in [2.05, 4.69) is 10.1 Å². The van der Waals surface area contributed by atoms with E-state index in [1.54, 1.807) is 5.32 Å². The number of hydrogen-bond acceptors (Lipinski definition) is 3. The number of halogens is 6. The second kappa shape index (κ2) is 7.53. The first kappa shape index (κ1) is 18.0. The third kappa shape index (κ3) is 7.21. The van der Waals surface area contributed by atoms with E-state index in [0.717, 1.165) is 0 Å². The molecule has 0 aromatic heterocycles. The first-order chi connectivity index (χ1) is 8.60. The maximum Gasteiger partial charge on any atom is 0.409 e. The van der Waals surface area contributed by atoms with E-state index >= 15 is 0 Å². The second-order valence-corrected chi connectivity index (χ2v) is 3.55. The van der Waals surface area contributed by atoms with E-state index in [9.17, 15) is 31.1 Å². The zero-order valence-electron chi connectivity index (χ0n) is 9.99. The molecule has 0 saturated carbocycles. The lowest BCUT2D eigenvalue weighted by molar-refractivity contribution is -0.274. The molecule has 0 radical (unpaired) electrons. The third-order valence-electron chi connectivity index (χ3n) is 2.00. The first-order valence-corrected chi connectivity index (χ1v) is 5.21. The van der Waals surface area contributed by atoms with Crippen molar-refractivity contribution in [3.05, 3.63) is 0 Å². The Morgan fingerprint density at radius 1 is 1.05 bits per heavy atom. The summed E-state index contributed by atoms with van der Waals surface area (Å²) in [5, 5.41) is 4.25. The summed E-state index contributed by atoms with van der Waals surface area (Å²) < 4.78 is 77.4. The molecule has 0 fully saturated rings. The van der Waals surface area contributed by atoms with Crippen LogP contribution >= 0.6 is 0 Å². The summed E-state index contributed by atoms with van der Waals surface area (Å²) >= 11 is 0. The predicted octanol–water partition coefficient (Wildman–Crippen LogP) is 1.08. The zero-order chi connectivity index (χ0) is 15.1. The topological polar surface area (TPSA) is 50.4 Å². The van der Waals surface area contributed by atoms with Crippen LogP contribution in [0.1, 0.15) is 0 Å². The highest BCUT2D eigenvalue weighted by molar-refractivity contribution is 5.80. The molecule has 0 rings (SSSR count). The minimum absolute atomic E-state index is 0.0392. The maximum absolute atomic E-state index is 12.1. The quantitative estimate of drug-likeness (QED) is 0.546. The molecule has 1 amide bonds. The van der Waals surface area contributed by atoms with E-state index in [1.165, 1.54) is 7.11 Å². The van der Waals surface area contributed by atoms with Crippen LogP contribution in [0.25, 0.3) is 0 Å². The number of alkyl halides is 6. The van der Waals surface area contributed by atoms with Crippen molar-refractivity contribution >= 4 is 5.91 Å². The van der Waals surface area contributed by atoms with Gasteiger partial charge in [-0.3, -0.25) is 4.79 Å². The molecule has 0 atom stereocenters. The van der Waals surface area contributed by atoms with Gasteiger partial charge in [0.25, 0.3) is 0 Å². The normalized spacial score (nSPS) is 12.8. The van der Waals surface area contributed by atoms with Crippen LogP contribution in [0.15, 0.2) is 0 Å². The van der Waals surface area contributed by atoms with Gasteiger partial charge < -0.3 is 15.4 Å². The van der Waals surface area contributed by atoms with E-state index < -0.39 is 24.2 Å². The van der Waals surface area contributed by atoms with Gasteiger partial charge in [-0.05, 0) is 0 Å². The highest BCUT2D eigenvalue weighted by Crippen LogP contribution is 2.39. The van der Waals surface area contributed by atoms with Crippen molar-refractivity contribution in [2.45, 2.75) is 12.4 Å². The number of ether oxygens (including phenoxy) is 1. The average Bonchev–Trinajstić information content (AvgIpc) is 2.18. The Bertz CT molecular complexity index is 265. The molecular weight excluding hydrogens is 282 g/mol. The molecule has 0 heterocycles. The number of hydrogen-bond donors (Lipinski definition) is 2. The number of carbonyl (C=O) groups is 1. The smallest absolute Gasteiger partial charge is 0.383 e. The van der Waals surface area contributed by atoms with Gasteiger partial charge in [0.2, 0.25) is 11.8 Å². The summed E-state index contributed by atoms with van der Waals surface area (Å²) in [6, 6.07) is 0. The Kier molecular flexibility index (Phi) is 7.12. The van der Waals surface area contributed by atoms with Gasteiger partial charge in [0.15, 0.2) is 0 Å². The molecule has 114 valence electrons. The van der Waals surface area contributed by atoms with E-state index in [0.29, 0.717) is 13.2 Å². The summed E-state index contributed by atoms with van der Waals surface area (Å²) in [5.74, 6) is -6.10. The van der Waals surface area contributed by atoms with Gasteiger partial charge in [0, 0.05) is 26.7 Å². The monoisotopic (exact) mass is 296 g/mol. The fourth-order valence-corrected chi connectivity index (χ4v) is 1.16. The molecule has 0 bridgehead atoms. The van der Waals surface area contributed by atoms with Crippen molar-refractivity contribution in [1.82, 2.24) is 10.6 Å². The van der Waals surface area contributed by atoms with Crippen LogP contribution in [0.4, 0.5) is 26.3 Å². The Morgan fingerprint density at radius 3 is 2.00 bits per heavy atom. The molecule has 0 aliphatic heterocycles. The summed E-state index contributed by atoms with van der Waals surface area (Å²) in [6.07, 6.45) is -11.3. The molecule has 0 unspecified atom stereocenters. The molecule has 19 heavy (non-hydrogen) atoms. The van der Waals surface area contributed by atoms with Crippen LogP contribution < -0.4 is 10.6 Å². The maximum atomic E-state index is 12.1. The summed E-state index contributed by atoms with van der Waals surface area (Å²) in [6.45, 7) is 0.402. The second-order valence-electron chi connectivity index (χ2n) is 3.55. The highest BCUT2D eigenvalue weighted by atomic mass is 19.4. The molecule has 4 nitrogen and oxygen atoms in total. The fraction of sp³-hybridized carbons (Fsp3) is 0.889. The minimum atomic E-state index is -5.66. The van der Waals surface area contributed by atoms with Crippen molar-refractivity contribution in [2.75, 3.05) is 33.4 Å². The number of rotatable bonds is 7. The van der Waals surface area contributed by atoms with Gasteiger partial charge in [-0.1, -0.05) is 0 Å². The van der Waals surface area contributed by atoms with Crippen molar-refractivity contribution in [2.24, 2.45) is 5.92 Å². The van der Waals surface area contributed by atoms with Crippen LogP contribution in [-0.2, 0) is 9.53 Å². The predicted molar refractivity (Wildman–Crippen MR) is 53.4 cm³/mol. The van der Waals surface area contributed by atoms with Crippen molar-refractivity contribution < 1.29 is 35.9 Å². The molecule has 0 aromatic carbocycles. The van der Waals surface area contributed by atoms with Crippen LogP contribution in [0.3, 0.4) is 0 Å². The fourth-order valence-electron chi connectivity index (χ4n) is 1.16. The van der Waals surface area contributed by atoms with Crippen LogP contribution in [0, 0.1) is 5.92 Å². The Labute approximate surface area is 105 Å². The Hall–Kier alpha value is -1.03. The summed E-state index contributed by atoms with van der Waals surface area (Å²) in [5.41, 5.74) is 0. The molecule has 0 aromatic rings. The standard InChI is InChI=1S/C9H14F6N2O2/c1-19-5-4-16-2-3-17-7(18)6(8(10,11)12)9(13,14)15/h6,16H,2-5H2,1H3,(H,17,18). The van der Waals surface area contributed by atoms with Crippen molar-refractivity contribution in [1.29, 1.82) is 0 Å². The van der Waals surface area contributed by atoms with Crippen LogP contribution in [0.2, 0.25) is 0 Å². The lowest BCUT2D eigenvalue weighted by Crippen LogP contribution is -2.49. The molecule has 0 aliphatic rings. The number of methoxy groups -OCH3 is 1. The summed E-state index contributed by atoms with van der Waals surface area (Å²) in [4.78, 5) is 10.9. The third-order valence-corrected chi connectivity index (χ3v) is 2.00. The van der Waals surface area contributed by atoms with Gasteiger partial charge in [-0.2, -0.15) is 26.3 Å². The molecule has 0 saturated heterocycles. The van der Waals surface area contributed by atoms with E-state index in [-0.39, 0.29) is 13.1 Å². The molecule has 0 aliphatic carbocycles. The largest absolute Gasteiger partial charge is 0.409 e. The molecule has 0 spiro atoms. The molecule has 10 heteroatoms. The Morgan fingerprint density at radius 2 is 1.58 bits per heavy atom. The van der Waals surface area contributed by atoms with E-state index in [1.807, 2.05) is 0 Å². The van der Waals surface area contributed by atoms with Crippen LogP contribution in [-0.4, -0.2) is 51.6 Å². The molecular formula is C9H14F6N2O2. The van der Waals surface area contributed by atoms with Gasteiger partial charge >= 0.3 is 12.4 Å². The lowest BCUT2D eigenvalue weighted by atomic mass is 10.1. The number of amides is 1. The zero-order valence-corrected chi connectivity index (χ0v) is 9.99. The summed E-state index contributed by atoms with van der Waals surface area (Å²) in [7, 11) is 1.43. The number of nitrogens with one attached hydrogen (secondary N) is 2. The number of carbonyl (C=O) groups excluding carboxylic acids is 1. The van der Waals surface area contributed by atoms with Gasteiger partial charge in [0.05, 0.1) is 6.61 Å². The minimum Gasteiger partial charge on any atom is -0.383 e. The Balaban J connectivity index is 4.22. The van der Waals surface area contributed by atoms with Crippen molar-refractivity contribution in [3.63, 3.8) is 0 Å². The SMILES string of the molecule is COCCNCCNC(=O)C(C(F)(F)F)C(F)(F)F. The van der Waals surface area contributed by atoms with Crippen molar-refractivity contribution in [3.8, 4) is 0 Å². The molecule has 2 N–H and O–H groups in total. The van der Waals surface area contributed by atoms with Gasteiger partial charge in [0.1, 0.15) is 0 Å².